The first-order valence-corrected chi connectivity index (χ1v) is 4.62. The third-order valence-electron chi connectivity index (χ3n) is 1.80. The Labute approximate surface area is 79.5 Å². The molecule has 78 valence electrons. The van der Waals surface area contributed by atoms with Crippen molar-refractivity contribution in [3.63, 3.8) is 0 Å². The van der Waals surface area contributed by atoms with Gasteiger partial charge in [-0.3, -0.25) is 4.79 Å². The molecule has 0 saturated heterocycles. The molecule has 0 aliphatic carbocycles. The van der Waals surface area contributed by atoms with Crippen molar-refractivity contribution in [2.75, 3.05) is 13.2 Å². The highest BCUT2D eigenvalue weighted by atomic mass is 16.2. The summed E-state index contributed by atoms with van der Waals surface area (Å²) in [5.41, 5.74) is 4.86. The highest BCUT2D eigenvalue weighted by molar-refractivity contribution is 5.74. The maximum atomic E-state index is 10.6. The van der Waals surface area contributed by atoms with Crippen molar-refractivity contribution in [3.8, 4) is 0 Å². The van der Waals surface area contributed by atoms with Gasteiger partial charge in [0.05, 0.1) is 0 Å². The minimum absolute atomic E-state index is 0.220. The minimum atomic E-state index is -0.292. The Kier molecular flexibility index (Phi) is 5.66. The van der Waals surface area contributed by atoms with Gasteiger partial charge >= 0.3 is 0 Å². The first-order chi connectivity index (χ1) is 5.98. The minimum Gasteiger partial charge on any atom is -0.396 e. The van der Waals surface area contributed by atoms with Crippen LogP contribution in [0.5, 0.6) is 0 Å². The van der Waals surface area contributed by atoms with Crippen LogP contribution in [-0.2, 0) is 4.79 Å². The number of amides is 1. The lowest BCUT2D eigenvalue weighted by Crippen LogP contribution is -2.43. The second-order valence-electron chi connectivity index (χ2n) is 3.88. The fourth-order valence-electron chi connectivity index (χ4n) is 1.16. The summed E-state index contributed by atoms with van der Waals surface area (Å²) in [5, 5.41) is 11.8. The van der Waals surface area contributed by atoms with Gasteiger partial charge in [-0.1, -0.05) is 0 Å². The quantitative estimate of drug-likeness (QED) is 0.492. The zero-order valence-corrected chi connectivity index (χ0v) is 8.47. The van der Waals surface area contributed by atoms with E-state index in [1.165, 1.54) is 0 Å². The summed E-state index contributed by atoms with van der Waals surface area (Å²) < 4.78 is 0. The summed E-state index contributed by atoms with van der Waals surface area (Å²) in [5.74, 6) is -0.292. The van der Waals surface area contributed by atoms with Crippen molar-refractivity contribution in [3.05, 3.63) is 0 Å². The molecule has 0 saturated carbocycles. The number of aliphatic hydroxyl groups excluding tert-OH is 1. The number of nitrogens with two attached hydrogens (primary N) is 1. The van der Waals surface area contributed by atoms with Crippen molar-refractivity contribution in [2.45, 2.75) is 38.6 Å². The Bertz CT molecular complexity index is 158. The van der Waals surface area contributed by atoms with E-state index in [0.29, 0.717) is 6.42 Å². The predicted molar refractivity (Wildman–Crippen MR) is 52.2 cm³/mol. The van der Waals surface area contributed by atoms with Crippen LogP contribution in [0, 0.1) is 0 Å². The number of carbonyl (C=O) groups is 1. The van der Waals surface area contributed by atoms with Crippen LogP contribution in [0.25, 0.3) is 0 Å². The molecular formula is C9H20N2O2. The van der Waals surface area contributed by atoms with Crippen LogP contribution in [0.3, 0.4) is 0 Å². The van der Waals surface area contributed by atoms with E-state index in [0.717, 1.165) is 19.4 Å². The second kappa shape index (κ2) is 5.94. The van der Waals surface area contributed by atoms with Gasteiger partial charge in [0.25, 0.3) is 0 Å². The van der Waals surface area contributed by atoms with E-state index in [4.69, 9.17) is 10.8 Å². The van der Waals surface area contributed by atoms with Gasteiger partial charge < -0.3 is 16.2 Å². The summed E-state index contributed by atoms with van der Waals surface area (Å²) in [7, 11) is 0. The van der Waals surface area contributed by atoms with Gasteiger partial charge in [-0.15, -0.1) is 0 Å². The zero-order chi connectivity index (χ0) is 10.3. The number of aliphatic hydroxyl groups is 1. The number of nitrogens with one attached hydrogen (secondary N) is 1. The molecular weight excluding hydrogens is 168 g/mol. The molecule has 0 fully saturated rings. The first-order valence-electron chi connectivity index (χ1n) is 4.62. The number of hydrogen-bond donors (Lipinski definition) is 3. The number of hydrogen-bond acceptors (Lipinski definition) is 3. The molecule has 0 aromatic heterocycles. The molecule has 13 heavy (non-hydrogen) atoms. The van der Waals surface area contributed by atoms with Crippen molar-refractivity contribution in [2.24, 2.45) is 5.73 Å². The van der Waals surface area contributed by atoms with Gasteiger partial charge in [-0.05, 0) is 33.2 Å². The Morgan fingerprint density at radius 1 is 1.46 bits per heavy atom. The molecule has 0 heterocycles. The van der Waals surface area contributed by atoms with E-state index >= 15 is 0 Å². The van der Waals surface area contributed by atoms with Gasteiger partial charge in [0.1, 0.15) is 0 Å². The number of rotatable bonds is 7. The second-order valence-corrected chi connectivity index (χ2v) is 3.88. The SMILES string of the molecule is CC(C)(CC(N)=O)NCCCCO. The summed E-state index contributed by atoms with van der Waals surface area (Å²) >= 11 is 0. The Balaban J connectivity index is 3.56. The zero-order valence-electron chi connectivity index (χ0n) is 8.47. The van der Waals surface area contributed by atoms with Crippen LogP contribution in [0.4, 0.5) is 0 Å². The smallest absolute Gasteiger partial charge is 0.219 e. The predicted octanol–water partition coefficient (Wildman–Crippen LogP) is 0.00250. The highest BCUT2D eigenvalue weighted by Gasteiger charge is 2.18. The van der Waals surface area contributed by atoms with Crippen LogP contribution in [0.1, 0.15) is 33.1 Å². The van der Waals surface area contributed by atoms with E-state index in [-0.39, 0.29) is 18.1 Å². The Morgan fingerprint density at radius 2 is 2.08 bits per heavy atom. The van der Waals surface area contributed by atoms with Gasteiger partial charge in [0.15, 0.2) is 0 Å². The lowest BCUT2D eigenvalue weighted by Gasteiger charge is -2.24. The number of unbranched alkanes of at least 4 members (excludes halogenated alkanes) is 1. The molecule has 0 bridgehead atoms. The van der Waals surface area contributed by atoms with Crippen LogP contribution < -0.4 is 11.1 Å². The van der Waals surface area contributed by atoms with E-state index in [1.807, 2.05) is 13.8 Å². The van der Waals surface area contributed by atoms with Gasteiger partial charge in [-0.2, -0.15) is 0 Å². The molecule has 0 aliphatic rings. The van der Waals surface area contributed by atoms with Crippen molar-refractivity contribution in [1.29, 1.82) is 0 Å². The van der Waals surface area contributed by atoms with Gasteiger partial charge in [0, 0.05) is 18.6 Å². The van der Waals surface area contributed by atoms with Gasteiger partial charge in [0.2, 0.25) is 5.91 Å². The molecule has 0 aromatic carbocycles. The molecule has 0 radical (unpaired) electrons. The van der Waals surface area contributed by atoms with E-state index in [1.54, 1.807) is 0 Å². The van der Waals surface area contributed by atoms with E-state index in [2.05, 4.69) is 5.32 Å². The van der Waals surface area contributed by atoms with Crippen LogP contribution in [0.2, 0.25) is 0 Å². The standard InChI is InChI=1S/C9H20N2O2/c1-9(2,7-8(10)13)11-5-3-4-6-12/h11-12H,3-7H2,1-2H3,(H2,10,13). The molecule has 4 nitrogen and oxygen atoms in total. The molecule has 4 heteroatoms. The maximum Gasteiger partial charge on any atom is 0.219 e. The van der Waals surface area contributed by atoms with E-state index in [9.17, 15) is 4.79 Å². The molecule has 0 atom stereocenters. The van der Waals surface area contributed by atoms with Crippen LogP contribution in [-0.4, -0.2) is 29.7 Å². The molecule has 0 aromatic rings. The largest absolute Gasteiger partial charge is 0.396 e. The molecule has 1 amide bonds. The average Bonchev–Trinajstić information content (AvgIpc) is 1.95. The molecule has 0 unspecified atom stereocenters. The molecule has 4 N–H and O–H groups in total. The van der Waals surface area contributed by atoms with E-state index < -0.39 is 0 Å². The summed E-state index contributed by atoms with van der Waals surface area (Å²) in [4.78, 5) is 10.6. The number of carbonyl (C=O) groups excluding carboxylic acids is 1. The van der Waals surface area contributed by atoms with Gasteiger partial charge in [-0.25, -0.2) is 0 Å². The average molecular weight is 188 g/mol. The fraction of sp³-hybridized carbons (Fsp3) is 0.889. The number of primary amides is 1. The summed E-state index contributed by atoms with van der Waals surface area (Å²) in [6, 6.07) is 0. The van der Waals surface area contributed by atoms with Crippen LogP contribution in [0.15, 0.2) is 0 Å². The van der Waals surface area contributed by atoms with Crippen molar-refractivity contribution in [1.82, 2.24) is 5.32 Å². The highest BCUT2D eigenvalue weighted by Crippen LogP contribution is 2.07. The van der Waals surface area contributed by atoms with Crippen molar-refractivity contribution >= 4 is 5.91 Å². The normalized spacial score (nSPS) is 11.6. The van der Waals surface area contributed by atoms with Crippen LogP contribution >= 0.6 is 0 Å². The van der Waals surface area contributed by atoms with Crippen molar-refractivity contribution < 1.29 is 9.90 Å². The third kappa shape index (κ3) is 7.74. The third-order valence-corrected chi connectivity index (χ3v) is 1.80. The molecule has 0 aliphatic heterocycles. The first kappa shape index (κ1) is 12.4. The Hall–Kier alpha value is -0.610. The fourth-order valence-corrected chi connectivity index (χ4v) is 1.16. The Morgan fingerprint density at radius 3 is 2.54 bits per heavy atom. The summed E-state index contributed by atoms with van der Waals surface area (Å²) in [6.45, 7) is 4.91. The maximum absolute atomic E-state index is 10.6. The topological polar surface area (TPSA) is 75.4 Å². The lowest BCUT2D eigenvalue weighted by molar-refractivity contribution is -0.119. The monoisotopic (exact) mass is 188 g/mol. The summed E-state index contributed by atoms with van der Waals surface area (Å²) in [6.07, 6.45) is 2.05. The lowest BCUT2D eigenvalue weighted by atomic mass is 10.0. The molecule has 0 rings (SSSR count). The molecule has 0 spiro atoms.